The molecule has 18 heavy (non-hydrogen) atoms. The summed E-state index contributed by atoms with van der Waals surface area (Å²) in [5.74, 6) is 0.603. The number of rotatable bonds is 5. The van der Waals surface area contributed by atoms with Crippen LogP contribution in [0.3, 0.4) is 0 Å². The second kappa shape index (κ2) is 5.81. The van der Waals surface area contributed by atoms with Crippen LogP contribution in [0, 0.1) is 0 Å². The minimum Gasteiger partial charge on any atom is -0.406 e. The maximum absolute atomic E-state index is 5.61. The Morgan fingerprint density at radius 2 is 2.33 bits per heavy atom. The molecule has 0 radical (unpaired) electrons. The average Bonchev–Trinajstić information content (AvgIpc) is 2.97. The normalized spacial score (nSPS) is 12.7. The highest BCUT2D eigenvalue weighted by atomic mass is 79.9. The summed E-state index contributed by atoms with van der Waals surface area (Å²) in [4.78, 5) is 3.18. The fourth-order valence-corrected chi connectivity index (χ4v) is 2.92. The molecule has 0 spiro atoms. The van der Waals surface area contributed by atoms with Gasteiger partial charge in [0.05, 0.1) is 12.6 Å². The van der Waals surface area contributed by atoms with E-state index in [1.807, 2.05) is 25.9 Å². The van der Waals surface area contributed by atoms with Crippen molar-refractivity contribution in [2.45, 2.75) is 19.5 Å². The second-order valence-electron chi connectivity index (χ2n) is 4.02. The smallest absolute Gasteiger partial charge is 0.318 e. The number of anilines is 1. The number of halogens is 1. The van der Waals surface area contributed by atoms with Crippen LogP contribution in [-0.4, -0.2) is 24.3 Å². The average molecular weight is 331 g/mol. The van der Waals surface area contributed by atoms with Gasteiger partial charge in [0, 0.05) is 21.8 Å². The van der Waals surface area contributed by atoms with Crippen molar-refractivity contribution < 1.29 is 4.42 Å². The number of aromatic nitrogens is 2. The minimum absolute atomic E-state index is 0.0653. The standard InChI is InChI=1S/C11H15BrN4OS/c1-7(13-2)10-14-15-11(17-10)16(3)5-9-4-8(12)6-18-9/h4,6-7,13H,5H2,1-3H3. The summed E-state index contributed by atoms with van der Waals surface area (Å²) < 4.78 is 6.71. The lowest BCUT2D eigenvalue weighted by atomic mass is 10.3. The van der Waals surface area contributed by atoms with Crippen molar-refractivity contribution in [2.75, 3.05) is 19.0 Å². The molecule has 5 nitrogen and oxygen atoms in total. The quantitative estimate of drug-likeness (QED) is 0.913. The first-order valence-corrected chi connectivity index (χ1v) is 7.22. The zero-order valence-electron chi connectivity index (χ0n) is 10.5. The molecule has 7 heteroatoms. The Kier molecular flexibility index (Phi) is 4.36. The fourth-order valence-electron chi connectivity index (χ4n) is 1.42. The summed E-state index contributed by atoms with van der Waals surface area (Å²) in [5.41, 5.74) is 0. The molecule has 0 bridgehead atoms. The van der Waals surface area contributed by atoms with Crippen molar-refractivity contribution in [3.05, 3.63) is 26.7 Å². The van der Waals surface area contributed by atoms with E-state index in [9.17, 15) is 0 Å². The van der Waals surface area contributed by atoms with Gasteiger partial charge in [0.1, 0.15) is 0 Å². The predicted molar refractivity (Wildman–Crippen MR) is 75.9 cm³/mol. The van der Waals surface area contributed by atoms with Crippen molar-refractivity contribution in [2.24, 2.45) is 0 Å². The van der Waals surface area contributed by atoms with Crippen LogP contribution in [0.2, 0.25) is 0 Å². The molecule has 0 aliphatic rings. The first kappa shape index (κ1) is 13.5. The molecule has 98 valence electrons. The zero-order valence-corrected chi connectivity index (χ0v) is 12.9. The van der Waals surface area contributed by atoms with Crippen LogP contribution in [-0.2, 0) is 6.54 Å². The lowest BCUT2D eigenvalue weighted by molar-refractivity contribution is 0.432. The van der Waals surface area contributed by atoms with Gasteiger partial charge in [-0.05, 0) is 36.0 Å². The number of nitrogens with zero attached hydrogens (tertiary/aromatic N) is 3. The minimum atomic E-state index is 0.0653. The van der Waals surface area contributed by atoms with Crippen molar-refractivity contribution in [1.82, 2.24) is 15.5 Å². The van der Waals surface area contributed by atoms with E-state index in [0.717, 1.165) is 11.0 Å². The number of hydrogen-bond acceptors (Lipinski definition) is 6. The number of hydrogen-bond donors (Lipinski definition) is 1. The maximum atomic E-state index is 5.61. The van der Waals surface area contributed by atoms with E-state index in [2.05, 4.69) is 42.9 Å². The molecule has 1 unspecified atom stereocenters. The Bertz CT molecular complexity index is 513. The molecular formula is C11H15BrN4OS. The van der Waals surface area contributed by atoms with Crippen LogP contribution < -0.4 is 10.2 Å². The highest BCUT2D eigenvalue weighted by Gasteiger charge is 2.15. The van der Waals surface area contributed by atoms with E-state index in [-0.39, 0.29) is 6.04 Å². The summed E-state index contributed by atoms with van der Waals surface area (Å²) in [6.07, 6.45) is 0. The molecular weight excluding hydrogens is 316 g/mol. The lowest BCUT2D eigenvalue weighted by Gasteiger charge is -2.12. The molecule has 2 rings (SSSR count). The third-order valence-electron chi connectivity index (χ3n) is 2.57. The van der Waals surface area contributed by atoms with Gasteiger partial charge in [0.25, 0.3) is 0 Å². The number of thiophene rings is 1. The lowest BCUT2D eigenvalue weighted by Crippen LogP contribution is -2.16. The molecule has 2 heterocycles. The summed E-state index contributed by atoms with van der Waals surface area (Å²) in [7, 11) is 3.80. The Morgan fingerprint density at radius 3 is 2.94 bits per heavy atom. The Hall–Kier alpha value is -0.920. The largest absolute Gasteiger partial charge is 0.406 e. The molecule has 0 saturated carbocycles. The summed E-state index contributed by atoms with van der Waals surface area (Å²) in [5, 5.41) is 13.2. The molecule has 0 saturated heterocycles. The second-order valence-corrected chi connectivity index (χ2v) is 5.93. The van der Waals surface area contributed by atoms with E-state index in [4.69, 9.17) is 4.42 Å². The summed E-state index contributed by atoms with van der Waals surface area (Å²) in [6, 6.07) is 2.70. The van der Waals surface area contributed by atoms with Crippen LogP contribution in [0.15, 0.2) is 20.3 Å². The third kappa shape index (κ3) is 3.09. The van der Waals surface area contributed by atoms with Gasteiger partial charge in [-0.2, -0.15) is 0 Å². The Labute approximate surface area is 118 Å². The summed E-state index contributed by atoms with van der Waals surface area (Å²) >= 11 is 5.14. The Balaban J connectivity index is 2.04. The summed E-state index contributed by atoms with van der Waals surface area (Å²) in [6.45, 7) is 2.74. The van der Waals surface area contributed by atoms with E-state index >= 15 is 0 Å². The van der Waals surface area contributed by atoms with Gasteiger partial charge in [-0.1, -0.05) is 5.10 Å². The van der Waals surface area contributed by atoms with Crippen LogP contribution in [0.5, 0.6) is 0 Å². The topological polar surface area (TPSA) is 54.2 Å². The monoisotopic (exact) mass is 330 g/mol. The molecule has 0 fully saturated rings. The van der Waals surface area contributed by atoms with Gasteiger partial charge in [0.2, 0.25) is 5.89 Å². The Morgan fingerprint density at radius 1 is 1.56 bits per heavy atom. The zero-order chi connectivity index (χ0) is 13.1. The third-order valence-corrected chi connectivity index (χ3v) is 4.26. The molecule has 1 N–H and O–H groups in total. The molecule has 0 aliphatic carbocycles. The first-order chi connectivity index (χ1) is 8.60. The highest BCUT2D eigenvalue weighted by Crippen LogP contribution is 2.23. The maximum Gasteiger partial charge on any atom is 0.318 e. The van der Waals surface area contributed by atoms with Gasteiger partial charge in [-0.3, -0.25) is 0 Å². The first-order valence-electron chi connectivity index (χ1n) is 5.55. The van der Waals surface area contributed by atoms with Gasteiger partial charge < -0.3 is 14.6 Å². The molecule has 2 aromatic rings. The van der Waals surface area contributed by atoms with Crippen molar-refractivity contribution in [3.8, 4) is 0 Å². The van der Waals surface area contributed by atoms with E-state index in [1.54, 1.807) is 11.3 Å². The molecule has 0 aliphatic heterocycles. The van der Waals surface area contributed by atoms with Gasteiger partial charge >= 0.3 is 6.01 Å². The van der Waals surface area contributed by atoms with E-state index in [0.29, 0.717) is 11.9 Å². The molecule has 2 aromatic heterocycles. The number of nitrogens with one attached hydrogen (secondary N) is 1. The highest BCUT2D eigenvalue weighted by molar-refractivity contribution is 9.10. The van der Waals surface area contributed by atoms with Crippen LogP contribution in [0.4, 0.5) is 6.01 Å². The van der Waals surface area contributed by atoms with Crippen molar-refractivity contribution >= 4 is 33.3 Å². The SMILES string of the molecule is CNC(C)c1nnc(N(C)Cc2cc(Br)cs2)o1. The molecule has 1 atom stereocenters. The molecule has 0 aromatic carbocycles. The van der Waals surface area contributed by atoms with Gasteiger partial charge in [0.15, 0.2) is 0 Å². The fraction of sp³-hybridized carbons (Fsp3) is 0.455. The van der Waals surface area contributed by atoms with E-state index in [1.165, 1.54) is 4.88 Å². The van der Waals surface area contributed by atoms with E-state index < -0.39 is 0 Å². The van der Waals surface area contributed by atoms with Crippen LogP contribution in [0.25, 0.3) is 0 Å². The van der Waals surface area contributed by atoms with Crippen molar-refractivity contribution in [1.29, 1.82) is 0 Å². The van der Waals surface area contributed by atoms with Crippen molar-refractivity contribution in [3.63, 3.8) is 0 Å². The predicted octanol–water partition coefficient (Wildman–Crippen LogP) is 2.81. The van der Waals surface area contributed by atoms with Gasteiger partial charge in [-0.25, -0.2) is 0 Å². The van der Waals surface area contributed by atoms with Crippen LogP contribution >= 0.6 is 27.3 Å². The molecule has 0 amide bonds. The van der Waals surface area contributed by atoms with Gasteiger partial charge in [-0.15, -0.1) is 16.4 Å². The van der Waals surface area contributed by atoms with Crippen LogP contribution in [0.1, 0.15) is 23.7 Å².